The predicted molar refractivity (Wildman–Crippen MR) is 97.6 cm³/mol. The van der Waals surface area contributed by atoms with Gasteiger partial charge in [-0.05, 0) is 23.8 Å². The van der Waals surface area contributed by atoms with Crippen molar-refractivity contribution in [2.24, 2.45) is 10.9 Å². The Morgan fingerprint density at radius 1 is 0.875 bits per heavy atom. The van der Waals surface area contributed by atoms with Crippen LogP contribution in [-0.4, -0.2) is 5.84 Å². The Labute approximate surface area is 144 Å². The monoisotopic (exact) mass is 339 g/mol. The fourth-order valence-corrected chi connectivity index (χ4v) is 2.70. The lowest BCUT2D eigenvalue weighted by Gasteiger charge is -2.14. The molecule has 0 bridgehead atoms. The Hall–Kier alpha value is -2.85. The van der Waals surface area contributed by atoms with Crippen molar-refractivity contribution in [2.45, 2.75) is 0 Å². The van der Waals surface area contributed by atoms with Gasteiger partial charge in [-0.3, -0.25) is 0 Å². The first-order valence-electron chi connectivity index (χ1n) is 7.34. The molecule has 0 radical (unpaired) electrons. The van der Waals surface area contributed by atoms with Gasteiger partial charge in [-0.15, -0.1) is 0 Å². The van der Waals surface area contributed by atoms with E-state index < -0.39 is 0 Å². The van der Waals surface area contributed by atoms with E-state index in [0.29, 0.717) is 16.5 Å². The summed E-state index contributed by atoms with van der Waals surface area (Å²) in [5.41, 5.74) is 2.74. The van der Waals surface area contributed by atoms with E-state index in [2.05, 4.69) is 10.4 Å². The van der Waals surface area contributed by atoms with Crippen LogP contribution in [-0.2, 0) is 0 Å². The zero-order chi connectivity index (χ0) is 16.9. The van der Waals surface area contributed by atoms with Crippen molar-refractivity contribution < 1.29 is 4.39 Å². The molecular weight excluding hydrogens is 325 g/mol. The molecular formula is C19H15ClFN3. The van der Waals surface area contributed by atoms with E-state index in [0.717, 1.165) is 16.7 Å². The zero-order valence-corrected chi connectivity index (χ0v) is 13.5. The average molecular weight is 340 g/mol. The second-order valence-electron chi connectivity index (χ2n) is 5.11. The van der Waals surface area contributed by atoms with Gasteiger partial charge in [0, 0.05) is 16.1 Å². The Bertz CT molecular complexity index is 893. The molecule has 3 rings (SSSR count). The van der Waals surface area contributed by atoms with Gasteiger partial charge in [-0.1, -0.05) is 66.2 Å². The Morgan fingerprint density at radius 2 is 1.50 bits per heavy atom. The van der Waals surface area contributed by atoms with Crippen LogP contribution in [0.4, 0.5) is 10.1 Å². The van der Waals surface area contributed by atoms with Crippen LogP contribution in [0.15, 0.2) is 77.9 Å². The van der Waals surface area contributed by atoms with Crippen LogP contribution in [0.25, 0.3) is 11.1 Å². The third-order valence-corrected chi connectivity index (χ3v) is 3.93. The van der Waals surface area contributed by atoms with Gasteiger partial charge < -0.3 is 11.2 Å². The molecule has 5 heteroatoms. The minimum atomic E-state index is -0.381. The summed E-state index contributed by atoms with van der Waals surface area (Å²) in [6.07, 6.45) is 0. The van der Waals surface area contributed by atoms with E-state index in [1.807, 2.05) is 48.5 Å². The molecule has 24 heavy (non-hydrogen) atoms. The number of nitrogens with two attached hydrogens (primary N) is 1. The van der Waals surface area contributed by atoms with Gasteiger partial charge >= 0.3 is 0 Å². The normalized spacial score (nSPS) is 11.3. The molecule has 0 fully saturated rings. The second-order valence-corrected chi connectivity index (χ2v) is 5.52. The standard InChI is InChI=1S/C19H15ClFN3/c20-16-10-4-3-8-14(16)13-7-1-2-9-15(13)19(24-22)23-18-12-6-5-11-17(18)21/h1-12H,22H2,(H,23,24). The summed E-state index contributed by atoms with van der Waals surface area (Å²) in [4.78, 5) is 0. The number of benzene rings is 3. The summed E-state index contributed by atoms with van der Waals surface area (Å²) >= 11 is 6.31. The second kappa shape index (κ2) is 7.15. The maximum atomic E-state index is 13.9. The highest BCUT2D eigenvalue weighted by atomic mass is 35.5. The lowest BCUT2D eigenvalue weighted by molar-refractivity contribution is 0.632. The molecule has 3 aromatic carbocycles. The molecule has 0 atom stereocenters. The van der Waals surface area contributed by atoms with Crippen LogP contribution in [0.5, 0.6) is 0 Å². The first-order valence-corrected chi connectivity index (χ1v) is 7.72. The molecule has 120 valence electrons. The largest absolute Gasteiger partial charge is 0.336 e. The number of para-hydroxylation sites is 1. The molecule has 3 N–H and O–H groups in total. The summed E-state index contributed by atoms with van der Waals surface area (Å²) in [7, 11) is 0. The molecule has 0 aliphatic heterocycles. The van der Waals surface area contributed by atoms with Crippen LogP contribution >= 0.6 is 11.6 Å². The maximum Gasteiger partial charge on any atom is 0.157 e. The molecule has 0 unspecified atom stereocenters. The van der Waals surface area contributed by atoms with Crippen molar-refractivity contribution in [3.05, 3.63) is 89.2 Å². The van der Waals surface area contributed by atoms with Gasteiger partial charge in [0.15, 0.2) is 5.84 Å². The number of nitrogens with one attached hydrogen (secondary N) is 1. The molecule has 0 aromatic heterocycles. The summed E-state index contributed by atoms with van der Waals surface area (Å²) in [5.74, 6) is 5.53. The maximum absolute atomic E-state index is 13.9. The third-order valence-electron chi connectivity index (χ3n) is 3.60. The number of hydrazone groups is 1. The van der Waals surface area contributed by atoms with E-state index in [9.17, 15) is 4.39 Å². The third kappa shape index (κ3) is 3.24. The summed E-state index contributed by atoms with van der Waals surface area (Å²) in [5, 5.41) is 7.37. The number of anilines is 1. The molecule has 3 aromatic rings. The zero-order valence-electron chi connectivity index (χ0n) is 12.7. The van der Waals surface area contributed by atoms with E-state index in [4.69, 9.17) is 17.4 Å². The lowest BCUT2D eigenvalue weighted by Crippen LogP contribution is -2.17. The first kappa shape index (κ1) is 16.0. The fourth-order valence-electron chi connectivity index (χ4n) is 2.46. The number of halogens is 2. The molecule has 0 heterocycles. The number of hydrogen-bond acceptors (Lipinski definition) is 2. The molecule has 0 amide bonds. The van der Waals surface area contributed by atoms with Gasteiger partial charge in [-0.25, -0.2) is 4.39 Å². The molecule has 0 saturated heterocycles. The van der Waals surface area contributed by atoms with E-state index in [1.54, 1.807) is 18.2 Å². The first-order chi connectivity index (χ1) is 11.7. The number of hydrogen-bond donors (Lipinski definition) is 2. The molecule has 0 aliphatic carbocycles. The quantitative estimate of drug-likeness (QED) is 0.309. The Kier molecular flexibility index (Phi) is 4.77. The summed E-state index contributed by atoms with van der Waals surface area (Å²) in [6.45, 7) is 0. The van der Waals surface area contributed by atoms with Crippen molar-refractivity contribution in [3.8, 4) is 11.1 Å². The fraction of sp³-hybridized carbons (Fsp3) is 0. The van der Waals surface area contributed by atoms with E-state index in [-0.39, 0.29) is 5.82 Å². The van der Waals surface area contributed by atoms with Crippen LogP contribution in [0.2, 0.25) is 5.02 Å². The van der Waals surface area contributed by atoms with E-state index >= 15 is 0 Å². The SMILES string of the molecule is N/N=C(\Nc1ccccc1F)c1ccccc1-c1ccccc1Cl. The van der Waals surface area contributed by atoms with Crippen LogP contribution in [0.3, 0.4) is 0 Å². The van der Waals surface area contributed by atoms with Crippen molar-refractivity contribution in [3.63, 3.8) is 0 Å². The average Bonchev–Trinajstić information content (AvgIpc) is 2.62. The topological polar surface area (TPSA) is 50.4 Å². The number of rotatable bonds is 3. The minimum Gasteiger partial charge on any atom is -0.336 e. The lowest BCUT2D eigenvalue weighted by atomic mass is 9.98. The highest BCUT2D eigenvalue weighted by Crippen LogP contribution is 2.31. The van der Waals surface area contributed by atoms with Crippen LogP contribution in [0.1, 0.15) is 5.56 Å². The van der Waals surface area contributed by atoms with Gasteiger partial charge in [0.1, 0.15) is 5.82 Å². The smallest absolute Gasteiger partial charge is 0.157 e. The predicted octanol–water partition coefficient (Wildman–Crippen LogP) is 4.88. The molecule has 0 aliphatic rings. The summed E-state index contributed by atoms with van der Waals surface area (Å²) in [6, 6.07) is 21.4. The summed E-state index contributed by atoms with van der Waals surface area (Å²) < 4.78 is 13.9. The van der Waals surface area contributed by atoms with Gasteiger partial charge in [0.05, 0.1) is 5.69 Å². The van der Waals surface area contributed by atoms with Crippen molar-refractivity contribution in [1.82, 2.24) is 0 Å². The van der Waals surface area contributed by atoms with Crippen LogP contribution < -0.4 is 11.2 Å². The van der Waals surface area contributed by atoms with Crippen molar-refractivity contribution in [2.75, 3.05) is 5.32 Å². The highest BCUT2D eigenvalue weighted by molar-refractivity contribution is 6.33. The van der Waals surface area contributed by atoms with E-state index in [1.165, 1.54) is 6.07 Å². The number of amidine groups is 1. The number of nitrogens with zero attached hydrogens (tertiary/aromatic N) is 1. The molecule has 3 nitrogen and oxygen atoms in total. The van der Waals surface area contributed by atoms with Crippen molar-refractivity contribution in [1.29, 1.82) is 0 Å². The van der Waals surface area contributed by atoms with Gasteiger partial charge in [-0.2, -0.15) is 5.10 Å². The van der Waals surface area contributed by atoms with Gasteiger partial charge in [0.25, 0.3) is 0 Å². The van der Waals surface area contributed by atoms with Gasteiger partial charge in [0.2, 0.25) is 0 Å². The van der Waals surface area contributed by atoms with Crippen molar-refractivity contribution >= 4 is 23.1 Å². The molecule has 0 saturated carbocycles. The Balaban J connectivity index is 2.06. The highest BCUT2D eigenvalue weighted by Gasteiger charge is 2.14. The molecule has 0 spiro atoms. The Morgan fingerprint density at radius 3 is 2.21 bits per heavy atom. The minimum absolute atomic E-state index is 0.302. The van der Waals surface area contributed by atoms with Crippen LogP contribution in [0, 0.1) is 5.82 Å².